The van der Waals surface area contributed by atoms with Crippen molar-refractivity contribution in [3.63, 3.8) is 0 Å². The number of amides is 1. The summed E-state index contributed by atoms with van der Waals surface area (Å²) in [6.45, 7) is 6.63. The molecule has 5 heteroatoms. The van der Waals surface area contributed by atoms with Gasteiger partial charge in [-0.15, -0.1) is 0 Å². The molecule has 2 aromatic rings. The third-order valence-electron chi connectivity index (χ3n) is 3.88. The highest BCUT2D eigenvalue weighted by Crippen LogP contribution is 2.33. The van der Waals surface area contributed by atoms with E-state index in [4.69, 9.17) is 17.0 Å². The van der Waals surface area contributed by atoms with Crippen molar-refractivity contribution in [1.82, 2.24) is 4.90 Å². The van der Waals surface area contributed by atoms with E-state index in [1.54, 1.807) is 11.0 Å². The molecule has 0 atom stereocenters. The third-order valence-corrected chi connectivity index (χ3v) is 5.26. The lowest BCUT2D eigenvalue weighted by Crippen LogP contribution is -2.27. The number of hydrogen-bond acceptors (Lipinski definition) is 4. The van der Waals surface area contributed by atoms with Crippen LogP contribution in [0.2, 0.25) is 0 Å². The number of thioether (sulfide) groups is 1. The van der Waals surface area contributed by atoms with Gasteiger partial charge in [0.2, 0.25) is 0 Å². The summed E-state index contributed by atoms with van der Waals surface area (Å²) in [7, 11) is 0. The maximum absolute atomic E-state index is 12.7. The molecule has 0 aromatic heterocycles. The molecule has 0 bridgehead atoms. The first-order valence-electron chi connectivity index (χ1n) is 8.21. The molecule has 1 aliphatic rings. The molecule has 1 amide bonds. The van der Waals surface area contributed by atoms with Crippen LogP contribution in [0.15, 0.2) is 66.1 Å². The molecule has 3 rings (SSSR count). The Morgan fingerprint density at radius 1 is 1.15 bits per heavy atom. The van der Waals surface area contributed by atoms with E-state index in [0.717, 1.165) is 16.9 Å². The number of benzene rings is 2. The van der Waals surface area contributed by atoms with Crippen LogP contribution in [0.5, 0.6) is 5.75 Å². The summed E-state index contributed by atoms with van der Waals surface area (Å²) in [6.07, 6.45) is 3.57. The van der Waals surface area contributed by atoms with Gasteiger partial charge in [0.25, 0.3) is 5.91 Å². The smallest absolute Gasteiger partial charge is 0.266 e. The van der Waals surface area contributed by atoms with Crippen molar-refractivity contribution in [3.8, 4) is 5.75 Å². The zero-order chi connectivity index (χ0) is 18.5. The zero-order valence-corrected chi connectivity index (χ0v) is 16.1. The number of aryl methyl sites for hydroxylation is 1. The molecule has 1 saturated heterocycles. The second kappa shape index (κ2) is 8.34. The van der Waals surface area contributed by atoms with E-state index < -0.39 is 0 Å². The van der Waals surface area contributed by atoms with Gasteiger partial charge >= 0.3 is 0 Å². The molecule has 1 heterocycles. The largest absolute Gasteiger partial charge is 0.490 e. The van der Waals surface area contributed by atoms with Gasteiger partial charge in [-0.05, 0) is 36.3 Å². The predicted octanol–water partition coefficient (Wildman–Crippen LogP) is 4.96. The van der Waals surface area contributed by atoms with Gasteiger partial charge in [0.15, 0.2) is 0 Å². The summed E-state index contributed by atoms with van der Waals surface area (Å²) in [5.41, 5.74) is 3.20. The van der Waals surface area contributed by atoms with Crippen molar-refractivity contribution in [2.45, 2.75) is 13.5 Å². The average molecular weight is 382 g/mol. The normalized spacial score (nSPS) is 15.6. The van der Waals surface area contributed by atoms with Gasteiger partial charge in [0.1, 0.15) is 16.7 Å². The van der Waals surface area contributed by atoms with E-state index >= 15 is 0 Å². The Bertz CT molecular complexity index is 855. The molecule has 3 nitrogen and oxygen atoms in total. The monoisotopic (exact) mass is 381 g/mol. The number of hydrogen-bond donors (Lipinski definition) is 0. The zero-order valence-electron chi connectivity index (χ0n) is 14.5. The highest BCUT2D eigenvalue weighted by Gasteiger charge is 2.31. The first kappa shape index (κ1) is 18.4. The number of carbonyl (C=O) groups is 1. The number of nitrogens with zero attached hydrogens (tertiary/aromatic N) is 1. The first-order chi connectivity index (χ1) is 12.6. The summed E-state index contributed by atoms with van der Waals surface area (Å²) in [5, 5.41) is 0. The Hall–Kier alpha value is -2.37. The van der Waals surface area contributed by atoms with Crippen LogP contribution >= 0.6 is 24.0 Å². The van der Waals surface area contributed by atoms with Gasteiger partial charge in [0, 0.05) is 0 Å². The molecule has 132 valence electrons. The Morgan fingerprint density at radius 2 is 1.85 bits per heavy atom. The molecule has 0 spiro atoms. The van der Waals surface area contributed by atoms with Crippen LogP contribution < -0.4 is 4.74 Å². The van der Waals surface area contributed by atoms with Gasteiger partial charge in [0.05, 0.1) is 11.4 Å². The van der Waals surface area contributed by atoms with Crippen LogP contribution in [-0.4, -0.2) is 21.7 Å². The van der Waals surface area contributed by atoms with Crippen LogP contribution in [0, 0.1) is 6.92 Å². The fraction of sp³-hybridized carbons (Fsp3) is 0.143. The fourth-order valence-corrected chi connectivity index (χ4v) is 3.73. The van der Waals surface area contributed by atoms with Crippen molar-refractivity contribution in [2.24, 2.45) is 0 Å². The topological polar surface area (TPSA) is 29.5 Å². The third kappa shape index (κ3) is 4.42. The summed E-state index contributed by atoms with van der Waals surface area (Å²) in [4.78, 5) is 15.0. The van der Waals surface area contributed by atoms with Crippen molar-refractivity contribution in [2.75, 3.05) is 6.61 Å². The molecule has 0 saturated carbocycles. The van der Waals surface area contributed by atoms with Crippen molar-refractivity contribution in [3.05, 3.63) is 82.8 Å². The maximum atomic E-state index is 12.7. The molecule has 2 aromatic carbocycles. The van der Waals surface area contributed by atoms with E-state index in [9.17, 15) is 4.79 Å². The van der Waals surface area contributed by atoms with E-state index in [0.29, 0.717) is 22.4 Å². The molecule has 0 N–H and O–H groups in total. The molecule has 1 fully saturated rings. The van der Waals surface area contributed by atoms with E-state index in [2.05, 4.69) is 6.58 Å². The Labute approximate surface area is 163 Å². The standard InChI is InChI=1S/C21H19NO2S2/c1-3-12-24-18-10-8-16(9-11-18)13-19-20(23)22(21(25)26-19)14-17-6-4-15(2)5-7-17/h3-11,13H,1,12,14H2,2H3/b19-13+. The minimum Gasteiger partial charge on any atom is -0.490 e. The van der Waals surface area contributed by atoms with Gasteiger partial charge in [-0.3, -0.25) is 9.69 Å². The van der Waals surface area contributed by atoms with Crippen LogP contribution in [0.3, 0.4) is 0 Å². The SMILES string of the molecule is C=CCOc1ccc(/C=C2/SC(=S)N(Cc3ccc(C)cc3)C2=O)cc1. The van der Waals surface area contributed by atoms with Gasteiger partial charge in [-0.2, -0.15) is 0 Å². The highest BCUT2D eigenvalue weighted by atomic mass is 32.2. The predicted molar refractivity (Wildman–Crippen MR) is 112 cm³/mol. The lowest BCUT2D eigenvalue weighted by atomic mass is 10.1. The Morgan fingerprint density at radius 3 is 2.50 bits per heavy atom. The quantitative estimate of drug-likeness (QED) is 0.402. The van der Waals surface area contributed by atoms with Crippen LogP contribution in [0.1, 0.15) is 16.7 Å². The van der Waals surface area contributed by atoms with Crippen LogP contribution in [0.4, 0.5) is 0 Å². The molecule has 0 unspecified atom stereocenters. The average Bonchev–Trinajstić information content (AvgIpc) is 2.90. The molecule has 1 aliphatic heterocycles. The van der Waals surface area contributed by atoms with Crippen molar-refractivity contribution < 1.29 is 9.53 Å². The fourth-order valence-electron chi connectivity index (χ4n) is 2.48. The highest BCUT2D eigenvalue weighted by molar-refractivity contribution is 8.26. The maximum Gasteiger partial charge on any atom is 0.266 e. The number of thiocarbonyl (C=S) groups is 1. The number of carbonyl (C=O) groups excluding carboxylic acids is 1. The van der Waals surface area contributed by atoms with Crippen molar-refractivity contribution in [1.29, 1.82) is 0 Å². The van der Waals surface area contributed by atoms with Gasteiger partial charge in [-0.1, -0.05) is 78.6 Å². The summed E-state index contributed by atoms with van der Waals surface area (Å²) in [6, 6.07) is 15.7. The summed E-state index contributed by atoms with van der Waals surface area (Å²) >= 11 is 6.74. The molecule has 26 heavy (non-hydrogen) atoms. The lowest BCUT2D eigenvalue weighted by Gasteiger charge is -2.14. The Kier molecular flexibility index (Phi) is 5.91. The molecule has 0 radical (unpaired) electrons. The minimum atomic E-state index is -0.0486. The van der Waals surface area contributed by atoms with E-state index in [1.165, 1.54) is 17.3 Å². The first-order valence-corrected chi connectivity index (χ1v) is 9.44. The second-order valence-electron chi connectivity index (χ2n) is 5.92. The Balaban J connectivity index is 1.72. The molecular formula is C21H19NO2S2. The summed E-state index contributed by atoms with van der Waals surface area (Å²) in [5.74, 6) is 0.724. The minimum absolute atomic E-state index is 0.0486. The number of rotatable bonds is 6. The van der Waals surface area contributed by atoms with Crippen LogP contribution in [-0.2, 0) is 11.3 Å². The lowest BCUT2D eigenvalue weighted by molar-refractivity contribution is -0.122. The van der Waals surface area contributed by atoms with E-state index in [-0.39, 0.29) is 5.91 Å². The molecular weight excluding hydrogens is 362 g/mol. The van der Waals surface area contributed by atoms with Gasteiger partial charge < -0.3 is 4.74 Å². The second-order valence-corrected chi connectivity index (χ2v) is 7.60. The van der Waals surface area contributed by atoms with Crippen LogP contribution in [0.25, 0.3) is 6.08 Å². The van der Waals surface area contributed by atoms with Gasteiger partial charge in [-0.25, -0.2) is 0 Å². The van der Waals surface area contributed by atoms with E-state index in [1.807, 2.05) is 61.5 Å². The summed E-state index contributed by atoms with van der Waals surface area (Å²) < 4.78 is 6.06. The number of ether oxygens (including phenoxy) is 1. The molecule has 0 aliphatic carbocycles. The van der Waals surface area contributed by atoms with Crippen molar-refractivity contribution >= 4 is 40.3 Å².